The lowest BCUT2D eigenvalue weighted by Crippen LogP contribution is -2.22. The largest absolute Gasteiger partial charge is 0.326 e. The second-order valence-electron chi connectivity index (χ2n) is 8.42. The molecule has 0 spiro atoms. The number of carbonyl (C=O) groups is 1. The smallest absolute Gasteiger partial charge is 0.259 e. The van der Waals surface area contributed by atoms with E-state index in [0.717, 1.165) is 54.8 Å². The fourth-order valence-electron chi connectivity index (χ4n) is 4.29. The normalized spacial score (nSPS) is 13.4. The number of nitrogens with one attached hydrogen (secondary N) is 2. The van der Waals surface area contributed by atoms with Crippen LogP contribution < -0.4 is 10.9 Å². The SMILES string of the molecule is CCN(CC)Cc1cccc(NC(=O)CCSCc2nc3sc4c(c3c(=O)[nH]2)CCCC4)c1. The molecule has 2 aromatic heterocycles. The lowest BCUT2D eigenvalue weighted by atomic mass is 9.97. The standard InChI is InChI=1S/C25H32N4O2S2/c1-3-29(4-2)15-17-8-7-9-18(14-17)26-22(30)12-13-32-16-21-27-24(31)23-19-10-5-6-11-20(19)33-25(23)28-21/h7-9,14H,3-6,10-13,15-16H2,1-2H3,(H,26,30)(H,27,28,31). The van der Waals surface area contributed by atoms with Gasteiger partial charge in [-0.1, -0.05) is 26.0 Å². The van der Waals surface area contributed by atoms with Gasteiger partial charge in [0.25, 0.3) is 5.56 Å². The number of thioether (sulfide) groups is 1. The van der Waals surface area contributed by atoms with Crippen molar-refractivity contribution in [1.29, 1.82) is 0 Å². The molecule has 176 valence electrons. The van der Waals surface area contributed by atoms with E-state index >= 15 is 0 Å². The predicted molar refractivity (Wildman–Crippen MR) is 139 cm³/mol. The van der Waals surface area contributed by atoms with Crippen LogP contribution in [-0.2, 0) is 29.9 Å². The van der Waals surface area contributed by atoms with Gasteiger partial charge in [0.1, 0.15) is 10.7 Å². The summed E-state index contributed by atoms with van der Waals surface area (Å²) in [4.78, 5) is 37.3. The number of benzene rings is 1. The molecular formula is C25H32N4O2S2. The van der Waals surface area contributed by atoms with Crippen molar-refractivity contribution in [3.05, 3.63) is 56.4 Å². The second kappa shape index (κ2) is 11.3. The summed E-state index contributed by atoms with van der Waals surface area (Å²) in [6, 6.07) is 8.07. The van der Waals surface area contributed by atoms with Gasteiger partial charge in [0.15, 0.2) is 0 Å². The highest BCUT2D eigenvalue weighted by Gasteiger charge is 2.19. The van der Waals surface area contributed by atoms with Gasteiger partial charge in [-0.15, -0.1) is 11.3 Å². The molecule has 1 amide bonds. The summed E-state index contributed by atoms with van der Waals surface area (Å²) in [7, 11) is 0. The van der Waals surface area contributed by atoms with Gasteiger partial charge < -0.3 is 10.3 Å². The molecule has 1 aliphatic rings. The van der Waals surface area contributed by atoms with Crippen molar-refractivity contribution in [2.45, 2.75) is 58.2 Å². The van der Waals surface area contributed by atoms with E-state index in [2.05, 4.69) is 35.1 Å². The van der Waals surface area contributed by atoms with E-state index in [4.69, 9.17) is 4.98 Å². The lowest BCUT2D eigenvalue weighted by Gasteiger charge is -2.18. The first-order valence-electron chi connectivity index (χ1n) is 11.8. The molecule has 0 aliphatic heterocycles. The molecule has 0 bridgehead atoms. The molecule has 8 heteroatoms. The Morgan fingerprint density at radius 1 is 1.24 bits per heavy atom. The molecule has 4 rings (SSSR count). The molecule has 1 aliphatic carbocycles. The Balaban J connectivity index is 1.27. The van der Waals surface area contributed by atoms with Crippen molar-refractivity contribution in [3.8, 4) is 0 Å². The van der Waals surface area contributed by atoms with Gasteiger partial charge >= 0.3 is 0 Å². The van der Waals surface area contributed by atoms with Gasteiger partial charge in [-0.25, -0.2) is 4.98 Å². The van der Waals surface area contributed by atoms with Crippen LogP contribution in [0.3, 0.4) is 0 Å². The minimum absolute atomic E-state index is 0.00493. The Bertz CT molecular complexity index is 1170. The molecule has 1 aromatic carbocycles. The zero-order valence-electron chi connectivity index (χ0n) is 19.4. The molecular weight excluding hydrogens is 452 g/mol. The number of fused-ring (bicyclic) bond motifs is 3. The maximum atomic E-state index is 12.6. The first kappa shape index (κ1) is 24.0. The van der Waals surface area contributed by atoms with E-state index in [1.54, 1.807) is 23.1 Å². The van der Waals surface area contributed by atoms with Crippen molar-refractivity contribution in [3.63, 3.8) is 0 Å². The highest BCUT2D eigenvalue weighted by atomic mass is 32.2. The molecule has 0 saturated heterocycles. The van der Waals surface area contributed by atoms with E-state index in [-0.39, 0.29) is 11.5 Å². The maximum Gasteiger partial charge on any atom is 0.259 e. The topological polar surface area (TPSA) is 78.1 Å². The molecule has 6 nitrogen and oxygen atoms in total. The number of nitrogens with zero attached hydrogens (tertiary/aromatic N) is 2. The van der Waals surface area contributed by atoms with Crippen LogP contribution in [0, 0.1) is 0 Å². The Hall–Kier alpha value is -2.16. The third-order valence-corrected chi connectivity index (χ3v) is 8.25. The molecule has 33 heavy (non-hydrogen) atoms. The van der Waals surface area contributed by atoms with Crippen LogP contribution in [0.4, 0.5) is 5.69 Å². The van der Waals surface area contributed by atoms with Gasteiger partial charge in [0, 0.05) is 29.3 Å². The minimum atomic E-state index is -0.0164. The van der Waals surface area contributed by atoms with Gasteiger partial charge in [0.05, 0.1) is 11.1 Å². The molecule has 2 N–H and O–H groups in total. The van der Waals surface area contributed by atoms with Crippen LogP contribution in [0.25, 0.3) is 10.2 Å². The monoisotopic (exact) mass is 484 g/mol. The summed E-state index contributed by atoms with van der Waals surface area (Å²) in [5.41, 5.74) is 3.24. The van der Waals surface area contributed by atoms with Crippen LogP contribution in [0.2, 0.25) is 0 Å². The number of thiophene rings is 1. The molecule has 0 radical (unpaired) electrons. The van der Waals surface area contributed by atoms with E-state index in [9.17, 15) is 9.59 Å². The zero-order valence-corrected chi connectivity index (χ0v) is 21.0. The summed E-state index contributed by atoms with van der Waals surface area (Å²) >= 11 is 3.29. The second-order valence-corrected chi connectivity index (χ2v) is 10.6. The summed E-state index contributed by atoms with van der Waals surface area (Å²) in [5.74, 6) is 1.97. The average Bonchev–Trinajstić information content (AvgIpc) is 3.19. The Kier molecular flexibility index (Phi) is 8.22. The van der Waals surface area contributed by atoms with Crippen molar-refractivity contribution >= 4 is 44.9 Å². The van der Waals surface area contributed by atoms with E-state index < -0.39 is 0 Å². The predicted octanol–water partition coefficient (Wildman–Crippen LogP) is 4.97. The van der Waals surface area contributed by atoms with Crippen LogP contribution in [-0.4, -0.2) is 39.6 Å². The number of H-pyrrole nitrogens is 1. The number of hydrogen-bond donors (Lipinski definition) is 2. The van der Waals surface area contributed by atoms with Gasteiger partial charge in [-0.2, -0.15) is 11.8 Å². The number of rotatable bonds is 10. The van der Waals surface area contributed by atoms with Crippen molar-refractivity contribution < 1.29 is 4.79 Å². The summed E-state index contributed by atoms with van der Waals surface area (Å²) < 4.78 is 0. The maximum absolute atomic E-state index is 12.6. The van der Waals surface area contributed by atoms with E-state index in [0.29, 0.717) is 23.8 Å². The Labute approximate surface area is 203 Å². The summed E-state index contributed by atoms with van der Waals surface area (Å²) in [6.45, 7) is 7.21. The number of aromatic nitrogens is 2. The quantitative estimate of drug-likeness (QED) is 0.398. The van der Waals surface area contributed by atoms with Crippen molar-refractivity contribution in [2.24, 2.45) is 0 Å². The molecule has 0 fully saturated rings. The first-order valence-corrected chi connectivity index (χ1v) is 13.8. The van der Waals surface area contributed by atoms with Crippen LogP contribution >= 0.6 is 23.1 Å². The van der Waals surface area contributed by atoms with Crippen LogP contribution in [0.1, 0.15) is 54.9 Å². The van der Waals surface area contributed by atoms with Crippen LogP contribution in [0.5, 0.6) is 0 Å². The zero-order chi connectivity index (χ0) is 23.2. The highest BCUT2D eigenvalue weighted by Crippen LogP contribution is 2.33. The Morgan fingerprint density at radius 2 is 2.06 bits per heavy atom. The number of aromatic amines is 1. The number of aryl methyl sites for hydroxylation is 2. The minimum Gasteiger partial charge on any atom is -0.326 e. The van der Waals surface area contributed by atoms with Gasteiger partial charge in [-0.3, -0.25) is 14.5 Å². The molecule has 2 heterocycles. The number of amides is 1. The number of hydrogen-bond acceptors (Lipinski definition) is 6. The fraction of sp³-hybridized carbons (Fsp3) is 0.480. The summed E-state index contributed by atoms with van der Waals surface area (Å²) in [5, 5.41) is 3.81. The van der Waals surface area contributed by atoms with Crippen molar-refractivity contribution in [2.75, 3.05) is 24.2 Å². The third-order valence-electron chi connectivity index (χ3n) is 6.10. The third kappa shape index (κ3) is 6.05. The number of anilines is 1. The van der Waals surface area contributed by atoms with E-state index in [1.165, 1.54) is 22.4 Å². The average molecular weight is 485 g/mol. The van der Waals surface area contributed by atoms with Crippen LogP contribution in [0.15, 0.2) is 29.1 Å². The highest BCUT2D eigenvalue weighted by molar-refractivity contribution is 7.98. The number of carbonyl (C=O) groups excluding carboxylic acids is 1. The molecule has 3 aromatic rings. The van der Waals surface area contributed by atoms with E-state index in [1.807, 2.05) is 18.2 Å². The van der Waals surface area contributed by atoms with Crippen molar-refractivity contribution in [1.82, 2.24) is 14.9 Å². The Morgan fingerprint density at radius 3 is 2.88 bits per heavy atom. The fourth-order valence-corrected chi connectivity index (χ4v) is 6.37. The van der Waals surface area contributed by atoms with Gasteiger partial charge in [-0.05, 0) is 62.0 Å². The molecule has 0 atom stereocenters. The lowest BCUT2D eigenvalue weighted by molar-refractivity contribution is -0.115. The molecule has 0 unspecified atom stereocenters. The molecule has 0 saturated carbocycles. The summed E-state index contributed by atoms with van der Waals surface area (Å²) in [6.07, 6.45) is 4.82. The van der Waals surface area contributed by atoms with Gasteiger partial charge in [0.2, 0.25) is 5.91 Å². The first-order chi connectivity index (χ1) is 16.1.